The summed E-state index contributed by atoms with van der Waals surface area (Å²) < 4.78 is 5.18. The summed E-state index contributed by atoms with van der Waals surface area (Å²) in [5, 5.41) is 3.30. The monoisotopic (exact) mass is 366 g/mol. The molecule has 0 fully saturated rings. The largest absolute Gasteiger partial charge is 0.495 e. The normalized spacial score (nSPS) is 10.2. The summed E-state index contributed by atoms with van der Waals surface area (Å²) in [5.74, 6) is -0.220. The van der Waals surface area contributed by atoms with Crippen molar-refractivity contribution < 1.29 is 14.3 Å². The molecule has 24 heavy (non-hydrogen) atoms. The van der Waals surface area contributed by atoms with Crippen LogP contribution in [0.1, 0.15) is 6.92 Å². The molecule has 0 bridgehead atoms. The molecule has 0 saturated carbocycles. The van der Waals surface area contributed by atoms with Crippen LogP contribution in [0.4, 0.5) is 11.4 Å². The Labute approximate surface area is 150 Å². The van der Waals surface area contributed by atoms with Crippen LogP contribution in [0.3, 0.4) is 0 Å². The topological polar surface area (TPSA) is 58.6 Å². The van der Waals surface area contributed by atoms with Gasteiger partial charge in [-0.25, -0.2) is 0 Å². The Bertz CT molecular complexity index is 745. The van der Waals surface area contributed by atoms with Crippen molar-refractivity contribution in [1.82, 2.24) is 0 Å². The lowest BCUT2D eigenvalue weighted by Crippen LogP contribution is -2.37. The molecule has 2 rings (SSSR count). The molecule has 0 saturated heterocycles. The molecule has 1 N–H and O–H groups in total. The molecule has 0 unspecified atom stereocenters. The molecule has 7 heteroatoms. The van der Waals surface area contributed by atoms with Gasteiger partial charge in [0, 0.05) is 6.92 Å². The van der Waals surface area contributed by atoms with Crippen molar-refractivity contribution in [3.63, 3.8) is 0 Å². The average Bonchev–Trinajstić information content (AvgIpc) is 2.54. The number of amides is 2. The van der Waals surface area contributed by atoms with Gasteiger partial charge in [0.2, 0.25) is 11.8 Å². The van der Waals surface area contributed by atoms with Crippen LogP contribution in [-0.4, -0.2) is 25.5 Å². The summed E-state index contributed by atoms with van der Waals surface area (Å²) in [4.78, 5) is 25.5. The van der Waals surface area contributed by atoms with Crippen LogP contribution < -0.4 is 15.0 Å². The second kappa shape index (κ2) is 8.04. The van der Waals surface area contributed by atoms with Crippen LogP contribution in [0, 0.1) is 0 Å². The molecule has 126 valence electrons. The summed E-state index contributed by atoms with van der Waals surface area (Å²) >= 11 is 12.3. The minimum Gasteiger partial charge on any atom is -0.495 e. The summed E-state index contributed by atoms with van der Waals surface area (Å²) in [6.07, 6.45) is 0. The van der Waals surface area contributed by atoms with Gasteiger partial charge >= 0.3 is 0 Å². The number of rotatable bonds is 5. The first-order chi connectivity index (χ1) is 11.4. The van der Waals surface area contributed by atoms with Crippen LogP contribution in [0.15, 0.2) is 42.5 Å². The van der Waals surface area contributed by atoms with Crippen molar-refractivity contribution in [2.45, 2.75) is 6.92 Å². The van der Waals surface area contributed by atoms with Crippen LogP contribution in [0.2, 0.25) is 10.0 Å². The zero-order chi connectivity index (χ0) is 17.7. The number of hydrogen-bond acceptors (Lipinski definition) is 3. The molecule has 5 nitrogen and oxygen atoms in total. The van der Waals surface area contributed by atoms with E-state index in [-0.39, 0.29) is 12.5 Å². The van der Waals surface area contributed by atoms with E-state index in [9.17, 15) is 9.59 Å². The highest BCUT2D eigenvalue weighted by Gasteiger charge is 2.21. The van der Waals surface area contributed by atoms with Crippen LogP contribution in [0.25, 0.3) is 0 Å². The maximum absolute atomic E-state index is 12.3. The molecular formula is C17H16Cl2N2O3. The van der Waals surface area contributed by atoms with E-state index in [2.05, 4.69) is 5.32 Å². The average molecular weight is 367 g/mol. The fraction of sp³-hybridized carbons (Fsp3) is 0.176. The van der Waals surface area contributed by atoms with Gasteiger partial charge in [-0.1, -0.05) is 41.4 Å². The molecule has 0 radical (unpaired) electrons. The van der Waals surface area contributed by atoms with Crippen LogP contribution in [0.5, 0.6) is 5.75 Å². The Kier molecular flexibility index (Phi) is 6.06. The van der Waals surface area contributed by atoms with Crippen molar-refractivity contribution >= 4 is 46.4 Å². The third-order valence-electron chi connectivity index (χ3n) is 3.27. The molecule has 2 amide bonds. The fourth-order valence-corrected chi connectivity index (χ4v) is 2.78. The molecule has 0 aliphatic heterocycles. The zero-order valence-electron chi connectivity index (χ0n) is 13.2. The summed E-state index contributed by atoms with van der Waals surface area (Å²) in [6.45, 7) is 1.12. The number of benzene rings is 2. The Hall–Kier alpha value is -2.24. The predicted molar refractivity (Wildman–Crippen MR) is 96.1 cm³/mol. The fourth-order valence-electron chi connectivity index (χ4n) is 2.18. The van der Waals surface area contributed by atoms with Crippen LogP contribution in [-0.2, 0) is 9.59 Å². The minimum absolute atomic E-state index is 0.225. The van der Waals surface area contributed by atoms with E-state index in [1.165, 1.54) is 18.9 Å². The van der Waals surface area contributed by atoms with Gasteiger partial charge in [-0.15, -0.1) is 0 Å². The van der Waals surface area contributed by atoms with Crippen molar-refractivity contribution in [3.8, 4) is 5.75 Å². The maximum Gasteiger partial charge on any atom is 0.244 e. The van der Waals surface area contributed by atoms with Gasteiger partial charge in [-0.05, 0) is 24.3 Å². The van der Waals surface area contributed by atoms with Gasteiger partial charge in [0.15, 0.2) is 0 Å². The summed E-state index contributed by atoms with van der Waals surface area (Å²) in [6, 6.07) is 11.9. The van der Waals surface area contributed by atoms with Crippen molar-refractivity contribution in [3.05, 3.63) is 52.5 Å². The third-order valence-corrected chi connectivity index (χ3v) is 3.88. The Morgan fingerprint density at radius 3 is 2.29 bits per heavy atom. The van der Waals surface area contributed by atoms with Crippen molar-refractivity contribution in [2.24, 2.45) is 0 Å². The Morgan fingerprint density at radius 2 is 1.71 bits per heavy atom. The highest BCUT2D eigenvalue weighted by Crippen LogP contribution is 2.33. The smallest absolute Gasteiger partial charge is 0.244 e. The van der Waals surface area contributed by atoms with Crippen molar-refractivity contribution in [2.75, 3.05) is 23.9 Å². The van der Waals surface area contributed by atoms with E-state index in [0.717, 1.165) is 0 Å². The van der Waals surface area contributed by atoms with Gasteiger partial charge in [0.05, 0.1) is 28.5 Å². The number of para-hydroxylation sites is 3. The molecule has 0 aliphatic carbocycles. The summed E-state index contributed by atoms with van der Waals surface area (Å²) in [7, 11) is 1.51. The number of halogens is 2. The lowest BCUT2D eigenvalue weighted by molar-refractivity contribution is -0.120. The molecular weight excluding hydrogens is 351 g/mol. The van der Waals surface area contributed by atoms with E-state index >= 15 is 0 Å². The predicted octanol–water partition coefficient (Wildman–Crippen LogP) is 3.99. The Morgan fingerprint density at radius 1 is 1.08 bits per heavy atom. The highest BCUT2D eigenvalue weighted by atomic mass is 35.5. The van der Waals surface area contributed by atoms with E-state index in [1.54, 1.807) is 42.5 Å². The highest BCUT2D eigenvalue weighted by molar-refractivity contribution is 6.40. The lowest BCUT2D eigenvalue weighted by Gasteiger charge is -2.23. The van der Waals surface area contributed by atoms with Gasteiger partial charge in [0.1, 0.15) is 12.3 Å². The molecule has 2 aromatic rings. The Balaban J connectivity index is 2.22. The first-order valence-corrected chi connectivity index (χ1v) is 7.84. The number of anilines is 2. The van der Waals surface area contributed by atoms with E-state index in [0.29, 0.717) is 27.2 Å². The number of carbonyl (C=O) groups is 2. The molecule has 2 aromatic carbocycles. The van der Waals surface area contributed by atoms with Gasteiger partial charge < -0.3 is 15.0 Å². The van der Waals surface area contributed by atoms with Gasteiger partial charge in [-0.3, -0.25) is 9.59 Å². The number of ether oxygens (including phenoxy) is 1. The van der Waals surface area contributed by atoms with E-state index in [1.807, 2.05) is 0 Å². The van der Waals surface area contributed by atoms with Crippen molar-refractivity contribution in [1.29, 1.82) is 0 Å². The quantitative estimate of drug-likeness (QED) is 0.869. The van der Waals surface area contributed by atoms with E-state index in [4.69, 9.17) is 27.9 Å². The van der Waals surface area contributed by atoms with Crippen LogP contribution >= 0.6 is 23.2 Å². The number of nitrogens with one attached hydrogen (secondary N) is 1. The number of methoxy groups -OCH3 is 1. The maximum atomic E-state index is 12.3. The third kappa shape index (κ3) is 4.19. The molecule has 0 aliphatic rings. The number of nitrogens with zero attached hydrogens (tertiary/aromatic N) is 1. The first-order valence-electron chi connectivity index (χ1n) is 7.09. The minimum atomic E-state index is -0.398. The SMILES string of the molecule is COc1ccccc1NC(=O)CN(C(C)=O)c1c(Cl)cccc1Cl. The number of carbonyl (C=O) groups excluding carboxylic acids is 2. The second-order valence-electron chi connectivity index (χ2n) is 4.92. The van der Waals surface area contributed by atoms with E-state index < -0.39 is 5.91 Å². The summed E-state index contributed by atoms with van der Waals surface area (Å²) in [5.41, 5.74) is 0.822. The molecule has 0 heterocycles. The number of hydrogen-bond donors (Lipinski definition) is 1. The zero-order valence-corrected chi connectivity index (χ0v) is 14.7. The van der Waals surface area contributed by atoms with Gasteiger partial charge in [0.25, 0.3) is 0 Å². The second-order valence-corrected chi connectivity index (χ2v) is 5.74. The standard InChI is InChI=1S/C17H16Cl2N2O3/c1-11(22)21(17-12(18)6-5-7-13(17)19)10-16(23)20-14-8-3-4-9-15(14)24-2/h3-9H,10H2,1-2H3,(H,20,23). The molecule has 0 aromatic heterocycles. The molecule has 0 atom stereocenters. The van der Waals surface area contributed by atoms with Gasteiger partial charge in [-0.2, -0.15) is 0 Å². The first kappa shape index (κ1) is 18.1. The lowest BCUT2D eigenvalue weighted by atomic mass is 10.2. The molecule has 0 spiro atoms.